The molecule has 0 saturated carbocycles. The summed E-state index contributed by atoms with van der Waals surface area (Å²) in [5, 5.41) is 0.699. The Labute approximate surface area is 158 Å². The molecule has 2 aromatic carbocycles. The second-order valence-electron chi connectivity index (χ2n) is 5.54. The van der Waals surface area contributed by atoms with Crippen LogP contribution in [0.1, 0.15) is 12.5 Å². The highest BCUT2D eigenvalue weighted by molar-refractivity contribution is 6.30. The van der Waals surface area contributed by atoms with Gasteiger partial charge in [-0.15, -0.1) is 0 Å². The van der Waals surface area contributed by atoms with Crippen LogP contribution in [0.25, 0.3) is 11.1 Å². The van der Waals surface area contributed by atoms with Crippen LogP contribution < -0.4 is 4.84 Å². The first-order chi connectivity index (χ1) is 12.1. The van der Waals surface area contributed by atoms with Crippen LogP contribution in [0.5, 0.6) is 0 Å². The van der Waals surface area contributed by atoms with Gasteiger partial charge in [-0.3, -0.25) is 0 Å². The second kappa shape index (κ2) is 9.78. The molecule has 0 bridgehead atoms. The predicted molar refractivity (Wildman–Crippen MR) is 101 cm³/mol. The molecule has 0 amide bonds. The molecule has 0 fully saturated rings. The number of carbonyl (C=O) groups excluding carboxylic acids is 1. The van der Waals surface area contributed by atoms with Crippen molar-refractivity contribution in [3.63, 3.8) is 0 Å². The Morgan fingerprint density at radius 1 is 1.16 bits per heavy atom. The van der Waals surface area contributed by atoms with Crippen molar-refractivity contribution in [1.82, 2.24) is 4.84 Å². The average Bonchev–Trinajstić information content (AvgIpc) is 2.62. The summed E-state index contributed by atoms with van der Waals surface area (Å²) in [4.78, 5) is 14.6. The Balaban J connectivity index is 2.11. The van der Waals surface area contributed by atoms with E-state index < -0.39 is 18.1 Å². The van der Waals surface area contributed by atoms with Crippen LogP contribution in [0.15, 0.2) is 48.5 Å². The molecule has 0 heterocycles. The Bertz CT molecular complexity index is 691. The lowest BCUT2D eigenvalue weighted by Gasteiger charge is -2.23. The summed E-state index contributed by atoms with van der Waals surface area (Å²) < 4.78 is 10.3. The van der Waals surface area contributed by atoms with E-state index in [1.807, 2.05) is 48.5 Å². The lowest BCUT2D eigenvalue weighted by Crippen LogP contribution is -2.44. The topological polar surface area (TPSA) is 47.6 Å². The van der Waals surface area contributed by atoms with Crippen LogP contribution in [-0.2, 0) is 20.7 Å². The molecule has 2 aromatic rings. The zero-order chi connectivity index (χ0) is 18.2. The van der Waals surface area contributed by atoms with Gasteiger partial charge in [-0.05, 0) is 53.9 Å². The Morgan fingerprint density at radius 3 is 2.44 bits per heavy atom. The van der Waals surface area contributed by atoms with Crippen molar-refractivity contribution in [2.75, 3.05) is 13.7 Å². The van der Waals surface area contributed by atoms with Crippen molar-refractivity contribution in [3.8, 4) is 11.1 Å². The summed E-state index contributed by atoms with van der Waals surface area (Å²) in [5.41, 5.74) is 3.14. The number of ether oxygens (including phenoxy) is 2. The SMILES string of the molecule is CCOC(=O)C(OC)[C@@H](Cc1ccc(-c2cccc(Cl)c2)cc1)NCl. The summed E-state index contributed by atoms with van der Waals surface area (Å²) in [7, 11) is 1.46. The normalized spacial score (nSPS) is 13.3. The standard InChI is InChI=1S/C19H21Cl2NO3/c1-3-25-19(23)18(24-2)17(22-21)11-13-7-9-14(10-8-13)15-5-4-6-16(20)12-15/h4-10,12,17-18,22H,3,11H2,1-2H3/t17-,18?/m1/s1. The highest BCUT2D eigenvalue weighted by Gasteiger charge is 2.29. The Hall–Kier alpha value is -1.59. The van der Waals surface area contributed by atoms with Crippen LogP contribution in [0, 0.1) is 0 Å². The maximum atomic E-state index is 12.0. The van der Waals surface area contributed by atoms with Gasteiger partial charge < -0.3 is 9.47 Å². The first kappa shape index (κ1) is 19.7. The summed E-state index contributed by atoms with van der Waals surface area (Å²) >= 11 is 11.9. The van der Waals surface area contributed by atoms with Crippen molar-refractivity contribution >= 4 is 29.3 Å². The highest BCUT2D eigenvalue weighted by Crippen LogP contribution is 2.23. The van der Waals surface area contributed by atoms with Gasteiger partial charge in [0.25, 0.3) is 0 Å². The number of halogens is 2. The third-order valence-corrected chi connectivity index (χ3v) is 4.36. The molecular weight excluding hydrogens is 361 g/mol. The van der Waals surface area contributed by atoms with Crippen LogP contribution in [0.3, 0.4) is 0 Å². The molecule has 25 heavy (non-hydrogen) atoms. The fourth-order valence-electron chi connectivity index (χ4n) is 2.61. The van der Waals surface area contributed by atoms with E-state index in [0.29, 0.717) is 18.1 Å². The molecule has 2 rings (SSSR count). The molecule has 0 radical (unpaired) electrons. The minimum Gasteiger partial charge on any atom is -0.464 e. The summed E-state index contributed by atoms with van der Waals surface area (Å²) in [6, 6.07) is 15.3. The van der Waals surface area contributed by atoms with Crippen LogP contribution in [0.2, 0.25) is 5.02 Å². The van der Waals surface area contributed by atoms with E-state index in [2.05, 4.69) is 4.84 Å². The lowest BCUT2D eigenvalue weighted by molar-refractivity contribution is -0.156. The largest absolute Gasteiger partial charge is 0.464 e. The summed E-state index contributed by atoms with van der Waals surface area (Å²) in [5.74, 6) is -0.432. The third kappa shape index (κ3) is 5.44. The number of esters is 1. The number of methoxy groups -OCH3 is 1. The molecular formula is C19H21Cl2NO3. The quantitative estimate of drug-likeness (QED) is 0.548. The molecule has 1 N–H and O–H groups in total. The van der Waals surface area contributed by atoms with E-state index in [4.69, 9.17) is 32.9 Å². The molecule has 0 aromatic heterocycles. The van der Waals surface area contributed by atoms with Gasteiger partial charge in [-0.25, -0.2) is 9.63 Å². The average molecular weight is 382 g/mol. The number of rotatable bonds is 8. The van der Waals surface area contributed by atoms with E-state index in [9.17, 15) is 4.79 Å². The molecule has 4 nitrogen and oxygen atoms in total. The molecule has 0 aliphatic carbocycles. The van der Waals surface area contributed by atoms with Crippen molar-refractivity contribution < 1.29 is 14.3 Å². The van der Waals surface area contributed by atoms with E-state index in [-0.39, 0.29) is 0 Å². The number of benzene rings is 2. The first-order valence-electron chi connectivity index (χ1n) is 7.99. The van der Waals surface area contributed by atoms with E-state index in [1.54, 1.807) is 6.92 Å². The van der Waals surface area contributed by atoms with Gasteiger partial charge in [0.05, 0.1) is 12.6 Å². The van der Waals surface area contributed by atoms with Gasteiger partial charge >= 0.3 is 5.97 Å². The molecule has 134 valence electrons. The summed E-state index contributed by atoms with van der Waals surface area (Å²) in [6.45, 7) is 2.05. The van der Waals surface area contributed by atoms with E-state index >= 15 is 0 Å². The van der Waals surface area contributed by atoms with Crippen molar-refractivity contribution in [2.45, 2.75) is 25.5 Å². The van der Waals surface area contributed by atoms with Crippen molar-refractivity contribution in [3.05, 3.63) is 59.1 Å². The third-order valence-electron chi connectivity index (χ3n) is 3.85. The van der Waals surface area contributed by atoms with Gasteiger partial charge in [-0.1, -0.05) is 48.0 Å². The van der Waals surface area contributed by atoms with E-state index in [1.165, 1.54) is 7.11 Å². The van der Waals surface area contributed by atoms with Crippen molar-refractivity contribution in [2.24, 2.45) is 0 Å². The fraction of sp³-hybridized carbons (Fsp3) is 0.316. The van der Waals surface area contributed by atoms with Gasteiger partial charge in [0.15, 0.2) is 6.10 Å². The maximum Gasteiger partial charge on any atom is 0.336 e. The van der Waals surface area contributed by atoms with Crippen LogP contribution in [0.4, 0.5) is 0 Å². The molecule has 0 saturated heterocycles. The highest BCUT2D eigenvalue weighted by atomic mass is 35.5. The second-order valence-corrected chi connectivity index (χ2v) is 6.19. The van der Waals surface area contributed by atoms with Gasteiger partial charge in [-0.2, -0.15) is 0 Å². The summed E-state index contributed by atoms with van der Waals surface area (Å²) in [6.07, 6.45) is -0.249. The van der Waals surface area contributed by atoms with E-state index in [0.717, 1.165) is 16.7 Å². The maximum absolute atomic E-state index is 12.0. The smallest absolute Gasteiger partial charge is 0.336 e. The number of nitrogens with one attached hydrogen (secondary N) is 1. The predicted octanol–water partition coefficient (Wildman–Crippen LogP) is 4.24. The number of hydrogen-bond acceptors (Lipinski definition) is 4. The molecule has 0 aliphatic heterocycles. The van der Waals surface area contributed by atoms with Crippen LogP contribution >= 0.6 is 23.4 Å². The van der Waals surface area contributed by atoms with Gasteiger partial charge in [0.1, 0.15) is 0 Å². The lowest BCUT2D eigenvalue weighted by atomic mass is 9.98. The van der Waals surface area contributed by atoms with Gasteiger partial charge in [0, 0.05) is 12.1 Å². The first-order valence-corrected chi connectivity index (χ1v) is 8.75. The van der Waals surface area contributed by atoms with Gasteiger partial charge in [0.2, 0.25) is 0 Å². The Kier molecular flexibility index (Phi) is 7.72. The molecule has 0 spiro atoms. The fourth-order valence-corrected chi connectivity index (χ4v) is 2.99. The van der Waals surface area contributed by atoms with Crippen LogP contribution in [-0.4, -0.2) is 31.8 Å². The molecule has 2 atom stereocenters. The molecule has 1 unspecified atom stereocenters. The minimum atomic E-state index is -0.773. The molecule has 6 heteroatoms. The number of hydrogen-bond donors (Lipinski definition) is 1. The zero-order valence-electron chi connectivity index (χ0n) is 14.2. The minimum absolute atomic E-state index is 0.294. The zero-order valence-corrected chi connectivity index (χ0v) is 15.7. The number of carbonyl (C=O) groups is 1. The Morgan fingerprint density at radius 2 is 1.88 bits per heavy atom. The molecule has 0 aliphatic rings. The monoisotopic (exact) mass is 381 g/mol. The van der Waals surface area contributed by atoms with Crippen molar-refractivity contribution in [1.29, 1.82) is 0 Å².